The van der Waals surface area contributed by atoms with Crippen LogP contribution >= 0.6 is 0 Å². The molecule has 0 atom stereocenters. The molecule has 1 saturated carbocycles. The van der Waals surface area contributed by atoms with Gasteiger partial charge in [-0.25, -0.2) is 0 Å². The van der Waals surface area contributed by atoms with Gasteiger partial charge in [-0.2, -0.15) is 0 Å². The predicted octanol–water partition coefficient (Wildman–Crippen LogP) is 3.08. The van der Waals surface area contributed by atoms with E-state index in [1.165, 1.54) is 31.8 Å². The van der Waals surface area contributed by atoms with Crippen molar-refractivity contribution in [3.05, 3.63) is 11.6 Å². The van der Waals surface area contributed by atoms with Crippen LogP contribution in [0.25, 0.3) is 0 Å². The fraction of sp³-hybridized carbons (Fsp3) is 0.750. The minimum atomic E-state index is -0.197. The van der Waals surface area contributed by atoms with Crippen LogP contribution in [0.5, 0.6) is 0 Å². The molecule has 0 unspecified atom stereocenters. The van der Waals surface area contributed by atoms with Gasteiger partial charge in [0.2, 0.25) is 0 Å². The van der Waals surface area contributed by atoms with Gasteiger partial charge in [0.1, 0.15) is 6.61 Å². The van der Waals surface area contributed by atoms with Crippen LogP contribution in [0.2, 0.25) is 0 Å². The Kier molecular flexibility index (Phi) is 3.73. The lowest BCUT2D eigenvalue weighted by molar-refractivity contribution is -0.139. The van der Waals surface area contributed by atoms with Crippen LogP contribution in [0.15, 0.2) is 11.6 Å². The molecule has 1 aliphatic rings. The predicted molar refractivity (Wildman–Crippen MR) is 57.0 cm³/mol. The van der Waals surface area contributed by atoms with Crippen LogP contribution in [0.3, 0.4) is 0 Å². The third-order valence-electron chi connectivity index (χ3n) is 2.72. The van der Waals surface area contributed by atoms with Crippen molar-refractivity contribution in [2.75, 3.05) is 6.61 Å². The molecular formula is C12H20O2. The zero-order valence-corrected chi connectivity index (χ0v) is 9.43. The second kappa shape index (κ2) is 4.63. The highest BCUT2D eigenvalue weighted by Crippen LogP contribution is 2.37. The van der Waals surface area contributed by atoms with Crippen LogP contribution in [0.4, 0.5) is 0 Å². The molecule has 0 aliphatic heterocycles. The molecule has 0 aromatic heterocycles. The Labute approximate surface area is 86.3 Å². The second-order valence-corrected chi connectivity index (χ2v) is 4.86. The third kappa shape index (κ3) is 3.95. The molecule has 0 saturated heterocycles. The van der Waals surface area contributed by atoms with E-state index in [0.29, 0.717) is 12.0 Å². The molecule has 0 heterocycles. The first-order chi connectivity index (χ1) is 6.49. The van der Waals surface area contributed by atoms with Crippen molar-refractivity contribution in [1.82, 2.24) is 0 Å². The van der Waals surface area contributed by atoms with Crippen LogP contribution in [-0.4, -0.2) is 12.6 Å². The van der Waals surface area contributed by atoms with Crippen molar-refractivity contribution in [1.29, 1.82) is 0 Å². The summed E-state index contributed by atoms with van der Waals surface area (Å²) < 4.78 is 4.90. The Bertz CT molecular complexity index is 239. The van der Waals surface area contributed by atoms with E-state index in [4.69, 9.17) is 4.74 Å². The maximum absolute atomic E-state index is 10.6. The number of esters is 1. The van der Waals surface area contributed by atoms with Gasteiger partial charge in [0.15, 0.2) is 0 Å². The molecule has 2 heteroatoms. The van der Waals surface area contributed by atoms with Crippen molar-refractivity contribution < 1.29 is 9.53 Å². The lowest BCUT2D eigenvalue weighted by Gasteiger charge is -2.31. The topological polar surface area (TPSA) is 26.3 Å². The number of hydrogen-bond donors (Lipinski definition) is 0. The zero-order chi connectivity index (χ0) is 10.6. The van der Waals surface area contributed by atoms with Gasteiger partial charge in [-0.15, -0.1) is 0 Å². The van der Waals surface area contributed by atoms with Crippen molar-refractivity contribution >= 4 is 5.97 Å². The molecule has 0 N–H and O–H groups in total. The van der Waals surface area contributed by atoms with Crippen molar-refractivity contribution in [2.45, 2.75) is 46.5 Å². The Balaban J connectivity index is 2.40. The number of rotatable bonds is 2. The number of carbonyl (C=O) groups excluding carboxylic acids is 1. The molecule has 1 rings (SSSR count). The minimum absolute atomic E-state index is 0.197. The first-order valence-electron chi connectivity index (χ1n) is 5.31. The van der Waals surface area contributed by atoms with E-state index in [0.717, 1.165) is 6.42 Å². The molecule has 0 amide bonds. The molecule has 14 heavy (non-hydrogen) atoms. The summed E-state index contributed by atoms with van der Waals surface area (Å²) in [5.41, 5.74) is 1.88. The SMILES string of the molecule is CC(=O)OC/C=C1/CCCC(C)(C)C1. The average Bonchev–Trinajstić information content (AvgIpc) is 2.01. The maximum atomic E-state index is 10.6. The van der Waals surface area contributed by atoms with Gasteiger partial charge < -0.3 is 4.74 Å². The van der Waals surface area contributed by atoms with E-state index in [1.807, 2.05) is 0 Å². The summed E-state index contributed by atoms with van der Waals surface area (Å²) in [6.45, 7) is 6.49. The Morgan fingerprint density at radius 1 is 1.57 bits per heavy atom. The van der Waals surface area contributed by atoms with Crippen molar-refractivity contribution in [3.63, 3.8) is 0 Å². The van der Waals surface area contributed by atoms with Gasteiger partial charge in [0.25, 0.3) is 0 Å². The lowest BCUT2D eigenvalue weighted by atomic mass is 9.75. The molecular weight excluding hydrogens is 176 g/mol. The minimum Gasteiger partial charge on any atom is -0.462 e. The summed E-state index contributed by atoms with van der Waals surface area (Å²) in [5, 5.41) is 0. The van der Waals surface area contributed by atoms with Crippen LogP contribution < -0.4 is 0 Å². The first kappa shape index (κ1) is 11.3. The fourth-order valence-corrected chi connectivity index (χ4v) is 2.04. The van der Waals surface area contributed by atoms with E-state index < -0.39 is 0 Å². The molecule has 0 bridgehead atoms. The van der Waals surface area contributed by atoms with Gasteiger partial charge in [-0.3, -0.25) is 4.79 Å². The Morgan fingerprint density at radius 3 is 2.86 bits per heavy atom. The summed E-state index contributed by atoms with van der Waals surface area (Å²) >= 11 is 0. The van der Waals surface area contributed by atoms with Gasteiger partial charge in [0, 0.05) is 6.92 Å². The molecule has 1 fully saturated rings. The van der Waals surface area contributed by atoms with E-state index in [-0.39, 0.29) is 5.97 Å². The smallest absolute Gasteiger partial charge is 0.302 e. The normalized spacial score (nSPS) is 23.5. The van der Waals surface area contributed by atoms with Gasteiger partial charge in [-0.1, -0.05) is 19.4 Å². The Morgan fingerprint density at radius 2 is 2.29 bits per heavy atom. The molecule has 1 aliphatic carbocycles. The Hall–Kier alpha value is -0.790. The van der Waals surface area contributed by atoms with E-state index in [9.17, 15) is 4.79 Å². The van der Waals surface area contributed by atoms with E-state index in [1.54, 1.807) is 0 Å². The largest absolute Gasteiger partial charge is 0.462 e. The summed E-state index contributed by atoms with van der Waals surface area (Å²) in [5.74, 6) is -0.197. The molecule has 0 radical (unpaired) electrons. The zero-order valence-electron chi connectivity index (χ0n) is 9.43. The number of allylic oxidation sites excluding steroid dienone is 1. The standard InChI is InChI=1S/C12H20O2/c1-10(13)14-8-6-11-5-4-7-12(2,3)9-11/h6H,4-5,7-9H2,1-3H3/b11-6-. The number of hydrogen-bond acceptors (Lipinski definition) is 2. The highest BCUT2D eigenvalue weighted by atomic mass is 16.5. The van der Waals surface area contributed by atoms with Gasteiger partial charge in [0.05, 0.1) is 0 Å². The molecule has 80 valence electrons. The number of ether oxygens (including phenoxy) is 1. The van der Waals surface area contributed by atoms with Crippen LogP contribution in [0, 0.1) is 5.41 Å². The monoisotopic (exact) mass is 196 g/mol. The molecule has 2 nitrogen and oxygen atoms in total. The van der Waals surface area contributed by atoms with Gasteiger partial charge in [-0.05, 0) is 37.2 Å². The summed E-state index contributed by atoms with van der Waals surface area (Å²) in [6, 6.07) is 0. The summed E-state index contributed by atoms with van der Waals surface area (Å²) in [4.78, 5) is 10.6. The maximum Gasteiger partial charge on any atom is 0.302 e. The van der Waals surface area contributed by atoms with E-state index >= 15 is 0 Å². The second-order valence-electron chi connectivity index (χ2n) is 4.86. The van der Waals surface area contributed by atoms with Crippen LogP contribution in [0.1, 0.15) is 46.5 Å². The molecule has 0 aromatic rings. The molecule has 0 aromatic carbocycles. The first-order valence-corrected chi connectivity index (χ1v) is 5.31. The fourth-order valence-electron chi connectivity index (χ4n) is 2.04. The summed E-state index contributed by atoms with van der Waals surface area (Å²) in [6.07, 6.45) is 6.96. The van der Waals surface area contributed by atoms with Crippen LogP contribution in [-0.2, 0) is 9.53 Å². The highest BCUT2D eigenvalue weighted by molar-refractivity contribution is 5.66. The third-order valence-corrected chi connectivity index (χ3v) is 2.72. The highest BCUT2D eigenvalue weighted by Gasteiger charge is 2.23. The summed E-state index contributed by atoms with van der Waals surface area (Å²) in [7, 11) is 0. The average molecular weight is 196 g/mol. The van der Waals surface area contributed by atoms with Crippen molar-refractivity contribution in [2.24, 2.45) is 5.41 Å². The number of carbonyl (C=O) groups is 1. The van der Waals surface area contributed by atoms with E-state index in [2.05, 4.69) is 19.9 Å². The lowest BCUT2D eigenvalue weighted by Crippen LogP contribution is -2.17. The van der Waals surface area contributed by atoms with Gasteiger partial charge >= 0.3 is 5.97 Å². The quantitative estimate of drug-likeness (QED) is 0.501. The molecule has 0 spiro atoms. The van der Waals surface area contributed by atoms with Crippen molar-refractivity contribution in [3.8, 4) is 0 Å².